The van der Waals surface area contributed by atoms with Crippen molar-refractivity contribution in [2.75, 3.05) is 5.32 Å². The van der Waals surface area contributed by atoms with Crippen molar-refractivity contribution in [2.24, 2.45) is 0 Å². The molecule has 0 heterocycles. The van der Waals surface area contributed by atoms with E-state index in [1.54, 1.807) is 6.07 Å². The van der Waals surface area contributed by atoms with Crippen LogP contribution in [0.2, 0.25) is 5.02 Å². The Kier molecular flexibility index (Phi) is 4.49. The van der Waals surface area contributed by atoms with Crippen LogP contribution in [0.4, 0.5) is 18.9 Å². The lowest BCUT2D eigenvalue weighted by atomic mass is 10.1. The number of hydrogen-bond acceptors (Lipinski definition) is 2. The van der Waals surface area contributed by atoms with Crippen LogP contribution < -0.4 is 5.32 Å². The van der Waals surface area contributed by atoms with E-state index in [0.717, 1.165) is 12.1 Å². The van der Waals surface area contributed by atoms with Crippen molar-refractivity contribution in [3.05, 3.63) is 58.6 Å². The molecule has 21 heavy (non-hydrogen) atoms. The molecule has 2 nitrogen and oxygen atoms in total. The van der Waals surface area contributed by atoms with Crippen molar-refractivity contribution in [3.8, 4) is 0 Å². The van der Waals surface area contributed by atoms with Gasteiger partial charge in [0.05, 0.1) is 16.1 Å². The van der Waals surface area contributed by atoms with Gasteiger partial charge in [0.1, 0.15) is 0 Å². The molecule has 7 heteroatoms. The first-order valence-electron chi connectivity index (χ1n) is 5.74. The summed E-state index contributed by atoms with van der Waals surface area (Å²) in [6.45, 7) is 0. The van der Waals surface area contributed by atoms with E-state index in [9.17, 15) is 18.0 Å². The average molecular weight is 332 g/mol. The first kappa shape index (κ1) is 15.7. The minimum absolute atomic E-state index is 0.198. The number of carbonyl (C=O) groups is 1. The summed E-state index contributed by atoms with van der Waals surface area (Å²) in [6, 6.07) is 8.77. The van der Waals surface area contributed by atoms with Crippen LogP contribution in [0, 0.1) is 0 Å². The molecule has 0 radical (unpaired) electrons. The molecule has 0 unspecified atom stereocenters. The molecule has 2 aromatic rings. The Morgan fingerprint density at radius 2 is 1.71 bits per heavy atom. The van der Waals surface area contributed by atoms with Gasteiger partial charge in [0.15, 0.2) is 0 Å². The van der Waals surface area contributed by atoms with Crippen molar-refractivity contribution >= 4 is 35.8 Å². The molecule has 2 rings (SSSR count). The number of rotatable bonds is 2. The first-order chi connectivity index (χ1) is 9.77. The van der Waals surface area contributed by atoms with Crippen LogP contribution in [0.5, 0.6) is 0 Å². The van der Waals surface area contributed by atoms with Gasteiger partial charge in [0.2, 0.25) is 0 Å². The van der Waals surface area contributed by atoms with Crippen LogP contribution in [-0.2, 0) is 6.18 Å². The highest BCUT2D eigenvalue weighted by molar-refractivity contribution is 7.80. The maximum atomic E-state index is 12.4. The Hall–Kier alpha value is -1.66. The fourth-order valence-corrected chi connectivity index (χ4v) is 2.04. The van der Waals surface area contributed by atoms with Gasteiger partial charge < -0.3 is 5.32 Å². The van der Waals surface area contributed by atoms with E-state index in [4.69, 9.17) is 11.6 Å². The Bertz CT molecular complexity index is 671. The summed E-state index contributed by atoms with van der Waals surface area (Å²) in [5, 5.41) is 2.71. The van der Waals surface area contributed by atoms with Gasteiger partial charge in [-0.25, -0.2) is 0 Å². The Balaban J connectivity index is 2.18. The number of amides is 1. The van der Waals surface area contributed by atoms with E-state index in [-0.39, 0.29) is 16.3 Å². The minimum Gasteiger partial charge on any atom is -0.322 e. The van der Waals surface area contributed by atoms with Crippen molar-refractivity contribution in [3.63, 3.8) is 0 Å². The predicted molar refractivity (Wildman–Crippen MR) is 78.1 cm³/mol. The molecule has 0 bridgehead atoms. The smallest absolute Gasteiger partial charge is 0.322 e. The Morgan fingerprint density at radius 3 is 2.29 bits per heavy atom. The third-order valence-electron chi connectivity index (χ3n) is 2.66. The predicted octanol–water partition coefficient (Wildman–Crippen LogP) is 4.90. The molecule has 0 aliphatic heterocycles. The summed E-state index contributed by atoms with van der Waals surface area (Å²) in [5.74, 6) is -0.518. The highest BCUT2D eigenvalue weighted by Gasteiger charge is 2.30. The van der Waals surface area contributed by atoms with E-state index in [0.29, 0.717) is 4.90 Å². The maximum Gasteiger partial charge on any atom is 0.416 e. The lowest BCUT2D eigenvalue weighted by Crippen LogP contribution is -2.13. The molecule has 0 aliphatic rings. The van der Waals surface area contributed by atoms with Gasteiger partial charge in [-0.2, -0.15) is 13.2 Å². The van der Waals surface area contributed by atoms with Gasteiger partial charge in [-0.3, -0.25) is 4.79 Å². The second kappa shape index (κ2) is 5.99. The average Bonchev–Trinajstić information content (AvgIpc) is 2.41. The van der Waals surface area contributed by atoms with E-state index < -0.39 is 17.6 Å². The van der Waals surface area contributed by atoms with Crippen molar-refractivity contribution in [1.29, 1.82) is 0 Å². The number of hydrogen-bond donors (Lipinski definition) is 2. The van der Waals surface area contributed by atoms with Gasteiger partial charge in [-0.1, -0.05) is 11.6 Å². The normalized spacial score (nSPS) is 11.3. The van der Waals surface area contributed by atoms with E-state index in [2.05, 4.69) is 17.9 Å². The molecule has 2 aromatic carbocycles. The highest BCUT2D eigenvalue weighted by Crippen LogP contribution is 2.30. The zero-order chi connectivity index (χ0) is 15.6. The summed E-state index contributed by atoms with van der Waals surface area (Å²) in [5.41, 5.74) is -0.339. The Morgan fingerprint density at radius 1 is 1.10 bits per heavy atom. The summed E-state index contributed by atoms with van der Waals surface area (Å²) in [6.07, 6.45) is -4.41. The summed E-state index contributed by atoms with van der Waals surface area (Å²) >= 11 is 10.0. The fraction of sp³-hybridized carbons (Fsp3) is 0.0714. The molecule has 0 saturated carbocycles. The van der Waals surface area contributed by atoms with Crippen molar-refractivity contribution in [2.45, 2.75) is 11.1 Å². The van der Waals surface area contributed by atoms with E-state index in [1.165, 1.54) is 24.3 Å². The topological polar surface area (TPSA) is 29.1 Å². The molecule has 0 aromatic heterocycles. The third kappa shape index (κ3) is 3.92. The fourth-order valence-electron chi connectivity index (χ4n) is 1.63. The van der Waals surface area contributed by atoms with Gasteiger partial charge in [-0.05, 0) is 42.5 Å². The molecule has 1 N–H and O–H groups in total. The molecule has 110 valence electrons. The van der Waals surface area contributed by atoms with Gasteiger partial charge in [0.25, 0.3) is 5.91 Å². The molecular formula is C14H9ClF3NOS. The van der Waals surface area contributed by atoms with Gasteiger partial charge in [-0.15, -0.1) is 12.6 Å². The number of nitrogens with one attached hydrogen (secondary N) is 1. The second-order valence-electron chi connectivity index (χ2n) is 4.19. The lowest BCUT2D eigenvalue weighted by molar-refractivity contribution is -0.137. The minimum atomic E-state index is -4.41. The number of halogens is 4. The van der Waals surface area contributed by atoms with Crippen LogP contribution in [0.15, 0.2) is 47.4 Å². The second-order valence-corrected chi connectivity index (χ2v) is 5.12. The van der Waals surface area contributed by atoms with Crippen molar-refractivity contribution in [1.82, 2.24) is 0 Å². The molecule has 0 atom stereocenters. The third-order valence-corrected chi connectivity index (χ3v) is 3.27. The van der Waals surface area contributed by atoms with E-state index in [1.807, 2.05) is 0 Å². The molecular weight excluding hydrogens is 323 g/mol. The maximum absolute atomic E-state index is 12.4. The summed E-state index contributed by atoms with van der Waals surface area (Å²) in [7, 11) is 0. The summed E-state index contributed by atoms with van der Waals surface area (Å²) < 4.78 is 37.3. The standard InChI is InChI=1S/C14H9ClF3NOS/c15-12-6-5-10(21)7-11(12)13(20)19-9-3-1-8(2-4-9)14(16,17)18/h1-7,21H,(H,19,20). The van der Waals surface area contributed by atoms with Crippen LogP contribution >= 0.6 is 24.2 Å². The number of benzene rings is 2. The largest absolute Gasteiger partial charge is 0.416 e. The molecule has 0 spiro atoms. The zero-order valence-corrected chi connectivity index (χ0v) is 12.1. The lowest BCUT2D eigenvalue weighted by Gasteiger charge is -2.09. The first-order valence-corrected chi connectivity index (χ1v) is 6.57. The number of carbonyl (C=O) groups excluding carboxylic acids is 1. The number of thiol groups is 1. The molecule has 0 aliphatic carbocycles. The number of alkyl halides is 3. The molecule has 0 saturated heterocycles. The van der Waals surface area contributed by atoms with Crippen LogP contribution in [0.25, 0.3) is 0 Å². The zero-order valence-electron chi connectivity index (χ0n) is 10.4. The summed E-state index contributed by atoms with van der Waals surface area (Å²) in [4.78, 5) is 12.6. The quantitative estimate of drug-likeness (QED) is 0.753. The SMILES string of the molecule is O=C(Nc1ccc(C(F)(F)F)cc1)c1cc(S)ccc1Cl. The van der Waals surface area contributed by atoms with Crippen LogP contribution in [-0.4, -0.2) is 5.91 Å². The number of anilines is 1. The monoisotopic (exact) mass is 331 g/mol. The highest BCUT2D eigenvalue weighted by atomic mass is 35.5. The molecule has 1 amide bonds. The van der Waals surface area contributed by atoms with Gasteiger partial charge >= 0.3 is 6.18 Å². The van der Waals surface area contributed by atoms with Crippen LogP contribution in [0.3, 0.4) is 0 Å². The van der Waals surface area contributed by atoms with E-state index >= 15 is 0 Å². The Labute approximate surface area is 129 Å². The van der Waals surface area contributed by atoms with Crippen molar-refractivity contribution < 1.29 is 18.0 Å². The molecule has 0 fully saturated rings. The van der Waals surface area contributed by atoms with Gasteiger partial charge in [0, 0.05) is 10.6 Å². The van der Waals surface area contributed by atoms with Crippen LogP contribution in [0.1, 0.15) is 15.9 Å².